The smallest absolute Gasteiger partial charge is 0.267 e. The molecular weight excluding hydrogens is 438 g/mol. The molecule has 1 amide bonds. The van der Waals surface area contributed by atoms with Crippen LogP contribution >= 0.6 is 23.1 Å². The quantitative estimate of drug-likeness (QED) is 0.373. The fourth-order valence-corrected chi connectivity index (χ4v) is 6.56. The van der Waals surface area contributed by atoms with Gasteiger partial charge in [-0.3, -0.25) is 14.2 Å². The predicted octanol–water partition coefficient (Wildman–Crippen LogP) is 5.37. The Morgan fingerprint density at radius 3 is 2.66 bits per heavy atom. The van der Waals surface area contributed by atoms with Crippen LogP contribution in [0.2, 0.25) is 0 Å². The zero-order valence-corrected chi connectivity index (χ0v) is 21.1. The normalized spacial score (nSPS) is 16.0. The van der Waals surface area contributed by atoms with Crippen molar-refractivity contribution in [2.75, 3.05) is 13.1 Å². The van der Waals surface area contributed by atoms with Crippen LogP contribution in [-0.4, -0.2) is 38.7 Å². The van der Waals surface area contributed by atoms with Gasteiger partial charge in [-0.15, -0.1) is 11.3 Å². The number of hydrogen-bond acceptors (Lipinski definition) is 5. The molecule has 0 radical (unpaired) electrons. The highest BCUT2D eigenvalue weighted by Crippen LogP contribution is 2.32. The van der Waals surface area contributed by atoms with Crippen LogP contribution < -0.4 is 5.56 Å². The number of likely N-dealkylation sites (tertiary alicyclic amines) is 1. The Morgan fingerprint density at radius 1 is 1.28 bits per heavy atom. The van der Waals surface area contributed by atoms with Crippen molar-refractivity contribution >= 4 is 39.2 Å². The third-order valence-corrected chi connectivity index (χ3v) is 8.42. The first kappa shape index (κ1) is 23.1. The minimum Gasteiger partial charge on any atom is -0.342 e. The van der Waals surface area contributed by atoms with Crippen molar-refractivity contribution in [2.24, 2.45) is 5.92 Å². The summed E-state index contributed by atoms with van der Waals surface area (Å²) in [7, 11) is 0. The van der Waals surface area contributed by atoms with E-state index in [0.29, 0.717) is 16.5 Å². The molecule has 0 spiro atoms. The molecule has 1 aliphatic rings. The first-order chi connectivity index (χ1) is 15.3. The number of rotatable bonds is 5. The Bertz CT molecular complexity index is 1210. The molecule has 32 heavy (non-hydrogen) atoms. The van der Waals surface area contributed by atoms with Gasteiger partial charge in [-0.2, -0.15) is 0 Å². The van der Waals surface area contributed by atoms with E-state index >= 15 is 0 Å². The van der Waals surface area contributed by atoms with E-state index in [1.807, 2.05) is 43.0 Å². The average molecular weight is 470 g/mol. The van der Waals surface area contributed by atoms with E-state index in [4.69, 9.17) is 4.98 Å². The van der Waals surface area contributed by atoms with Crippen LogP contribution in [0.25, 0.3) is 15.9 Å². The maximum atomic E-state index is 13.8. The fraction of sp³-hybridized carbons (Fsp3) is 0.480. The molecule has 1 fully saturated rings. The van der Waals surface area contributed by atoms with Crippen LogP contribution in [-0.2, 0) is 11.2 Å². The van der Waals surface area contributed by atoms with Crippen molar-refractivity contribution in [1.82, 2.24) is 14.5 Å². The number of thiophene rings is 1. The monoisotopic (exact) mass is 469 g/mol. The molecule has 2 aromatic heterocycles. The maximum Gasteiger partial charge on any atom is 0.267 e. The highest BCUT2D eigenvalue weighted by molar-refractivity contribution is 8.00. The highest BCUT2D eigenvalue weighted by atomic mass is 32.2. The third-order valence-electron chi connectivity index (χ3n) is 6.33. The molecule has 1 atom stereocenters. The van der Waals surface area contributed by atoms with Crippen molar-refractivity contribution in [3.8, 4) is 5.69 Å². The van der Waals surface area contributed by atoms with Crippen molar-refractivity contribution in [3.05, 3.63) is 50.6 Å². The second-order valence-electron chi connectivity index (χ2n) is 8.81. The van der Waals surface area contributed by atoms with Crippen molar-refractivity contribution in [1.29, 1.82) is 0 Å². The number of aryl methyl sites for hydroxylation is 3. The van der Waals surface area contributed by atoms with E-state index in [0.717, 1.165) is 58.9 Å². The van der Waals surface area contributed by atoms with Gasteiger partial charge in [0.2, 0.25) is 5.91 Å². The Kier molecular flexibility index (Phi) is 6.77. The summed E-state index contributed by atoms with van der Waals surface area (Å²) in [5, 5.41) is 0.989. The minimum absolute atomic E-state index is 0.0456. The largest absolute Gasteiger partial charge is 0.342 e. The lowest BCUT2D eigenvalue weighted by Gasteiger charge is -2.32. The number of hydrogen-bond donors (Lipinski definition) is 0. The van der Waals surface area contributed by atoms with Gasteiger partial charge in [0, 0.05) is 18.0 Å². The molecule has 0 bridgehead atoms. The van der Waals surface area contributed by atoms with E-state index < -0.39 is 0 Å². The van der Waals surface area contributed by atoms with Gasteiger partial charge in [-0.05, 0) is 69.2 Å². The van der Waals surface area contributed by atoms with Gasteiger partial charge in [-0.25, -0.2) is 4.98 Å². The number of nitrogens with zero attached hydrogens (tertiary/aromatic N) is 3. The van der Waals surface area contributed by atoms with Gasteiger partial charge >= 0.3 is 0 Å². The Labute approximate surface area is 197 Å². The van der Waals surface area contributed by atoms with E-state index in [1.54, 1.807) is 15.9 Å². The molecule has 1 aliphatic heterocycles. The number of carbonyl (C=O) groups is 1. The first-order valence-corrected chi connectivity index (χ1v) is 13.1. The lowest BCUT2D eigenvalue weighted by atomic mass is 9.99. The summed E-state index contributed by atoms with van der Waals surface area (Å²) in [4.78, 5) is 35.7. The van der Waals surface area contributed by atoms with Crippen LogP contribution in [0.1, 0.15) is 49.6 Å². The summed E-state index contributed by atoms with van der Waals surface area (Å²) in [5.74, 6) is 0.802. The molecule has 0 unspecified atom stereocenters. The highest BCUT2D eigenvalue weighted by Gasteiger charge is 2.27. The van der Waals surface area contributed by atoms with Gasteiger partial charge in [0.1, 0.15) is 4.83 Å². The Morgan fingerprint density at radius 2 is 2.00 bits per heavy atom. The summed E-state index contributed by atoms with van der Waals surface area (Å²) < 4.78 is 1.70. The predicted molar refractivity (Wildman–Crippen MR) is 134 cm³/mol. The topological polar surface area (TPSA) is 55.2 Å². The standard InChI is InChI=1S/C25H31N3O2S2/c1-6-20-17(4)31-22-21(20)24(30)28(19-9-7-8-16(3)14-19)25(26-22)32-18(5)23(29)27-12-10-15(2)11-13-27/h7-9,14-15,18H,6,10-13H2,1-5H3/t18-/m0/s1. The molecule has 0 N–H and O–H groups in total. The summed E-state index contributed by atoms with van der Waals surface area (Å²) in [5.41, 5.74) is 2.90. The zero-order valence-electron chi connectivity index (χ0n) is 19.5. The first-order valence-electron chi connectivity index (χ1n) is 11.4. The maximum absolute atomic E-state index is 13.8. The van der Waals surface area contributed by atoms with Crippen molar-refractivity contribution in [2.45, 2.75) is 64.3 Å². The number of amides is 1. The number of carbonyl (C=O) groups excluding carboxylic acids is 1. The number of benzene rings is 1. The van der Waals surface area contributed by atoms with Gasteiger partial charge in [0.15, 0.2) is 5.16 Å². The van der Waals surface area contributed by atoms with Gasteiger partial charge < -0.3 is 4.90 Å². The minimum atomic E-state index is -0.310. The Hall–Kier alpha value is -2.12. The molecule has 1 aromatic carbocycles. The van der Waals surface area contributed by atoms with Crippen LogP contribution in [0.5, 0.6) is 0 Å². The zero-order chi connectivity index (χ0) is 23.0. The molecular formula is C25H31N3O2S2. The summed E-state index contributed by atoms with van der Waals surface area (Å²) in [6.07, 6.45) is 2.90. The van der Waals surface area contributed by atoms with Crippen LogP contribution in [0.15, 0.2) is 34.2 Å². The van der Waals surface area contributed by atoms with Gasteiger partial charge in [-0.1, -0.05) is 37.7 Å². The van der Waals surface area contributed by atoms with E-state index in [2.05, 4.69) is 20.8 Å². The molecule has 170 valence electrons. The van der Waals surface area contributed by atoms with Gasteiger partial charge in [0.25, 0.3) is 5.56 Å². The summed E-state index contributed by atoms with van der Waals surface area (Å²) >= 11 is 2.96. The molecule has 4 rings (SSSR count). The number of piperidine rings is 1. The number of fused-ring (bicyclic) bond motifs is 1. The van der Waals surface area contributed by atoms with Crippen molar-refractivity contribution in [3.63, 3.8) is 0 Å². The van der Waals surface area contributed by atoms with E-state index in [-0.39, 0.29) is 16.7 Å². The third kappa shape index (κ3) is 4.37. The van der Waals surface area contributed by atoms with Crippen LogP contribution in [0.3, 0.4) is 0 Å². The number of aromatic nitrogens is 2. The second kappa shape index (κ2) is 9.40. The van der Waals surface area contributed by atoms with Crippen LogP contribution in [0, 0.1) is 19.8 Å². The van der Waals surface area contributed by atoms with Crippen molar-refractivity contribution < 1.29 is 4.79 Å². The SMILES string of the molecule is CCc1c(C)sc2nc(S[C@@H](C)C(=O)N3CCC(C)CC3)n(-c3cccc(C)c3)c(=O)c12. The van der Waals surface area contributed by atoms with Gasteiger partial charge in [0.05, 0.1) is 16.3 Å². The molecule has 3 heterocycles. The Balaban J connectivity index is 1.78. The number of thioether (sulfide) groups is 1. The molecule has 7 heteroatoms. The molecule has 3 aromatic rings. The summed E-state index contributed by atoms with van der Waals surface area (Å²) in [6, 6.07) is 7.92. The lowest BCUT2D eigenvalue weighted by molar-refractivity contribution is -0.131. The van der Waals surface area contributed by atoms with Crippen LogP contribution in [0.4, 0.5) is 0 Å². The molecule has 5 nitrogen and oxygen atoms in total. The van der Waals surface area contributed by atoms with E-state index in [1.165, 1.54) is 11.8 Å². The van der Waals surface area contributed by atoms with E-state index in [9.17, 15) is 9.59 Å². The average Bonchev–Trinajstić information content (AvgIpc) is 3.09. The lowest BCUT2D eigenvalue weighted by Crippen LogP contribution is -2.42. The molecule has 1 saturated heterocycles. The second-order valence-corrected chi connectivity index (χ2v) is 11.3. The molecule has 0 aliphatic carbocycles. The fourth-order valence-electron chi connectivity index (χ4n) is 4.39. The summed E-state index contributed by atoms with van der Waals surface area (Å²) in [6.45, 7) is 11.9. The molecule has 0 saturated carbocycles.